The van der Waals surface area contributed by atoms with E-state index < -0.39 is 0 Å². The number of hydrogen-bond donors (Lipinski definition) is 1. The first-order valence-electron chi connectivity index (χ1n) is 4.96. The number of carbonyl (C=O) groups is 1. The van der Waals surface area contributed by atoms with Crippen molar-refractivity contribution in [3.63, 3.8) is 0 Å². The molecule has 2 aliphatic carbocycles. The number of hydrogen-bond acceptors (Lipinski definition) is 2. The van der Waals surface area contributed by atoms with Gasteiger partial charge in [0.05, 0.1) is 0 Å². The second-order valence-corrected chi connectivity index (χ2v) is 4.15. The quantitative estimate of drug-likeness (QED) is 0.642. The predicted molar refractivity (Wildman–Crippen MR) is 45.6 cm³/mol. The highest BCUT2D eigenvalue weighted by molar-refractivity contribution is 5.83. The maximum Gasteiger partial charge on any atom is 0.136 e. The Kier molecular flexibility index (Phi) is 2.18. The molecule has 2 fully saturated rings. The molecule has 12 heavy (non-hydrogen) atoms. The van der Waals surface area contributed by atoms with E-state index in [-0.39, 0.29) is 6.61 Å². The maximum atomic E-state index is 11.4. The molecule has 2 rings (SSSR count). The average molecular weight is 168 g/mol. The zero-order chi connectivity index (χ0) is 8.55. The van der Waals surface area contributed by atoms with Crippen molar-refractivity contribution in [1.29, 1.82) is 0 Å². The molecule has 0 saturated heterocycles. The van der Waals surface area contributed by atoms with Crippen LogP contribution in [0.2, 0.25) is 0 Å². The van der Waals surface area contributed by atoms with E-state index in [0.29, 0.717) is 23.5 Å². The Morgan fingerprint density at radius 3 is 2.92 bits per heavy atom. The summed E-state index contributed by atoms with van der Waals surface area (Å²) in [5, 5.41) is 9.11. The van der Waals surface area contributed by atoms with Gasteiger partial charge in [0.25, 0.3) is 0 Å². The molecule has 0 aliphatic heterocycles. The molecule has 0 aromatic rings. The lowest BCUT2D eigenvalue weighted by Crippen LogP contribution is -2.29. The fraction of sp³-hybridized carbons (Fsp3) is 0.900. The van der Waals surface area contributed by atoms with Crippen molar-refractivity contribution in [2.75, 3.05) is 6.61 Å². The second kappa shape index (κ2) is 3.17. The largest absolute Gasteiger partial charge is 0.396 e. The van der Waals surface area contributed by atoms with Crippen molar-refractivity contribution < 1.29 is 9.90 Å². The van der Waals surface area contributed by atoms with Crippen LogP contribution in [0.4, 0.5) is 0 Å². The van der Waals surface area contributed by atoms with E-state index in [1.165, 1.54) is 0 Å². The summed E-state index contributed by atoms with van der Waals surface area (Å²) >= 11 is 0. The zero-order valence-corrected chi connectivity index (χ0v) is 7.33. The summed E-state index contributed by atoms with van der Waals surface area (Å²) in [7, 11) is 0. The number of carbonyl (C=O) groups excluding carboxylic acids is 1. The lowest BCUT2D eigenvalue weighted by Gasteiger charge is -2.31. The highest BCUT2D eigenvalue weighted by atomic mass is 16.3. The van der Waals surface area contributed by atoms with Crippen LogP contribution in [0.15, 0.2) is 0 Å². The molecule has 3 atom stereocenters. The number of fused-ring (bicyclic) bond motifs is 1. The van der Waals surface area contributed by atoms with Crippen LogP contribution in [0.1, 0.15) is 32.1 Å². The van der Waals surface area contributed by atoms with Crippen molar-refractivity contribution in [3.8, 4) is 0 Å². The van der Waals surface area contributed by atoms with E-state index in [2.05, 4.69) is 0 Å². The summed E-state index contributed by atoms with van der Waals surface area (Å²) in [4.78, 5) is 11.4. The Hall–Kier alpha value is -0.370. The van der Waals surface area contributed by atoms with Crippen LogP contribution < -0.4 is 0 Å². The molecule has 0 amide bonds. The first-order chi connectivity index (χ1) is 5.83. The molecule has 0 spiro atoms. The normalized spacial score (nSPS) is 41.4. The Morgan fingerprint density at radius 1 is 1.33 bits per heavy atom. The number of aliphatic hydroxyl groups excluding tert-OH is 1. The van der Waals surface area contributed by atoms with Crippen LogP contribution in [0.3, 0.4) is 0 Å². The van der Waals surface area contributed by atoms with Gasteiger partial charge in [-0.3, -0.25) is 4.79 Å². The van der Waals surface area contributed by atoms with Gasteiger partial charge in [0, 0.05) is 18.9 Å². The summed E-state index contributed by atoms with van der Waals surface area (Å²) in [6.07, 6.45) is 5.16. The van der Waals surface area contributed by atoms with Gasteiger partial charge in [-0.05, 0) is 31.1 Å². The monoisotopic (exact) mass is 168 g/mol. The van der Waals surface area contributed by atoms with Gasteiger partial charge in [-0.2, -0.15) is 0 Å². The molecule has 2 aliphatic rings. The first-order valence-corrected chi connectivity index (χ1v) is 4.96. The molecule has 2 heteroatoms. The van der Waals surface area contributed by atoms with E-state index in [1.54, 1.807) is 0 Å². The van der Waals surface area contributed by atoms with Crippen LogP contribution in [-0.2, 0) is 4.79 Å². The van der Waals surface area contributed by atoms with Gasteiger partial charge in [-0.25, -0.2) is 0 Å². The second-order valence-electron chi connectivity index (χ2n) is 4.15. The third-order valence-electron chi connectivity index (χ3n) is 3.58. The molecule has 2 nitrogen and oxygen atoms in total. The van der Waals surface area contributed by atoms with Crippen molar-refractivity contribution >= 4 is 5.78 Å². The topological polar surface area (TPSA) is 37.3 Å². The minimum atomic E-state index is 0.286. The standard InChI is InChI=1S/C10H16O2/c11-6-7-2-1-3-9-8(7)4-5-10(9)12/h7-9,11H,1-6H2/t7-,8-,9+/m1/s1. The number of aliphatic hydroxyl groups is 1. The van der Waals surface area contributed by atoms with Gasteiger partial charge in [0.1, 0.15) is 5.78 Å². The van der Waals surface area contributed by atoms with Crippen molar-refractivity contribution in [2.24, 2.45) is 17.8 Å². The molecule has 0 heterocycles. The summed E-state index contributed by atoms with van der Waals surface area (Å²) in [5.41, 5.74) is 0. The van der Waals surface area contributed by atoms with E-state index in [0.717, 1.165) is 32.1 Å². The molecule has 68 valence electrons. The molecule has 0 aromatic carbocycles. The van der Waals surface area contributed by atoms with Gasteiger partial charge in [0.15, 0.2) is 0 Å². The van der Waals surface area contributed by atoms with Crippen LogP contribution in [-0.4, -0.2) is 17.5 Å². The minimum Gasteiger partial charge on any atom is -0.396 e. The molecule has 0 aromatic heterocycles. The fourth-order valence-corrected chi connectivity index (χ4v) is 2.91. The average Bonchev–Trinajstić information content (AvgIpc) is 2.48. The van der Waals surface area contributed by atoms with Gasteiger partial charge in [-0.1, -0.05) is 6.42 Å². The Labute approximate surface area is 73.0 Å². The fourth-order valence-electron chi connectivity index (χ4n) is 2.91. The molecular formula is C10H16O2. The zero-order valence-electron chi connectivity index (χ0n) is 7.33. The van der Waals surface area contributed by atoms with Crippen LogP contribution in [0.25, 0.3) is 0 Å². The van der Waals surface area contributed by atoms with E-state index in [4.69, 9.17) is 5.11 Å². The summed E-state index contributed by atoms with van der Waals surface area (Å²) in [6, 6.07) is 0. The molecule has 1 N–H and O–H groups in total. The van der Waals surface area contributed by atoms with Gasteiger partial charge in [-0.15, -0.1) is 0 Å². The Balaban J connectivity index is 2.09. The SMILES string of the molecule is O=C1CC[C@@H]2[C@@H](CO)CCC[C@H]12. The minimum absolute atomic E-state index is 0.286. The van der Waals surface area contributed by atoms with Crippen LogP contribution in [0.5, 0.6) is 0 Å². The maximum absolute atomic E-state index is 11.4. The third-order valence-corrected chi connectivity index (χ3v) is 3.58. The predicted octanol–water partition coefficient (Wildman–Crippen LogP) is 1.37. The van der Waals surface area contributed by atoms with Gasteiger partial charge < -0.3 is 5.11 Å². The first kappa shape index (κ1) is 8.24. The van der Waals surface area contributed by atoms with E-state index in [1.807, 2.05) is 0 Å². The van der Waals surface area contributed by atoms with Gasteiger partial charge >= 0.3 is 0 Å². The van der Waals surface area contributed by atoms with Crippen molar-refractivity contribution in [3.05, 3.63) is 0 Å². The molecule has 0 unspecified atom stereocenters. The smallest absolute Gasteiger partial charge is 0.136 e. The Bertz CT molecular complexity index is 188. The summed E-state index contributed by atoms with van der Waals surface area (Å²) < 4.78 is 0. The number of ketones is 1. The number of rotatable bonds is 1. The third kappa shape index (κ3) is 1.18. The van der Waals surface area contributed by atoms with Crippen LogP contribution >= 0.6 is 0 Å². The van der Waals surface area contributed by atoms with E-state index in [9.17, 15) is 4.79 Å². The summed E-state index contributed by atoms with van der Waals surface area (Å²) in [6.45, 7) is 0.286. The van der Waals surface area contributed by atoms with Crippen molar-refractivity contribution in [1.82, 2.24) is 0 Å². The molecular weight excluding hydrogens is 152 g/mol. The lowest BCUT2D eigenvalue weighted by molar-refractivity contribution is -0.122. The molecule has 0 radical (unpaired) electrons. The summed E-state index contributed by atoms with van der Waals surface area (Å²) in [5.74, 6) is 1.72. The Morgan fingerprint density at radius 2 is 2.17 bits per heavy atom. The lowest BCUT2D eigenvalue weighted by atomic mass is 9.74. The van der Waals surface area contributed by atoms with Crippen LogP contribution in [0, 0.1) is 17.8 Å². The van der Waals surface area contributed by atoms with E-state index >= 15 is 0 Å². The molecule has 2 saturated carbocycles. The van der Waals surface area contributed by atoms with Crippen molar-refractivity contribution in [2.45, 2.75) is 32.1 Å². The highest BCUT2D eigenvalue weighted by Gasteiger charge is 2.40. The molecule has 0 bridgehead atoms. The highest BCUT2D eigenvalue weighted by Crippen LogP contribution is 2.43. The number of Topliss-reactive ketones (excluding diaryl/α,β-unsaturated/α-hetero) is 1. The van der Waals surface area contributed by atoms with Gasteiger partial charge in [0.2, 0.25) is 0 Å².